The number of methoxy groups -OCH3 is 1. The molecule has 0 aromatic heterocycles. The van der Waals surface area contributed by atoms with Gasteiger partial charge in [0.05, 0.1) is 12.8 Å². The Labute approximate surface area is 140 Å². The molecule has 2 N–H and O–H groups in total. The lowest BCUT2D eigenvalue weighted by Crippen LogP contribution is -2.30. The third-order valence-electron chi connectivity index (χ3n) is 4.12. The number of aliphatic carboxylic acids is 1. The van der Waals surface area contributed by atoms with Crippen LogP contribution < -0.4 is 10.1 Å². The van der Waals surface area contributed by atoms with Crippen molar-refractivity contribution in [2.75, 3.05) is 25.5 Å². The van der Waals surface area contributed by atoms with Crippen molar-refractivity contribution in [1.29, 1.82) is 0 Å². The minimum atomic E-state index is -1.18. The molecule has 1 saturated heterocycles. The third-order valence-corrected chi connectivity index (χ3v) is 4.12. The molecule has 0 spiro atoms. The summed E-state index contributed by atoms with van der Waals surface area (Å²) in [5.74, 6) is -2.68. The SMILES string of the molecule is CCC(C(=O)O)C(=O)Nc1cc(C(=O)N2CCCC2)ccc1OC. The molecule has 1 aliphatic rings. The molecule has 1 aromatic carbocycles. The number of carboxylic acids is 1. The van der Waals surface area contributed by atoms with Crippen molar-refractivity contribution < 1.29 is 24.2 Å². The van der Waals surface area contributed by atoms with E-state index in [1.54, 1.807) is 24.0 Å². The largest absolute Gasteiger partial charge is 0.495 e. The first-order valence-electron chi connectivity index (χ1n) is 7.99. The van der Waals surface area contributed by atoms with E-state index in [0.717, 1.165) is 25.9 Å². The van der Waals surface area contributed by atoms with E-state index in [1.807, 2.05) is 0 Å². The number of ether oxygens (including phenoxy) is 1. The van der Waals surface area contributed by atoms with Gasteiger partial charge < -0.3 is 20.1 Å². The topological polar surface area (TPSA) is 95.9 Å². The zero-order chi connectivity index (χ0) is 17.7. The van der Waals surface area contributed by atoms with Crippen LogP contribution >= 0.6 is 0 Å². The number of amides is 2. The number of likely N-dealkylation sites (tertiary alicyclic amines) is 1. The van der Waals surface area contributed by atoms with Gasteiger partial charge in [0.1, 0.15) is 11.7 Å². The van der Waals surface area contributed by atoms with Crippen molar-refractivity contribution in [2.24, 2.45) is 5.92 Å². The van der Waals surface area contributed by atoms with Crippen molar-refractivity contribution in [3.63, 3.8) is 0 Å². The van der Waals surface area contributed by atoms with Crippen molar-refractivity contribution in [3.05, 3.63) is 23.8 Å². The van der Waals surface area contributed by atoms with Gasteiger partial charge in [0.2, 0.25) is 5.91 Å². The predicted octanol–water partition coefficient (Wildman–Crippen LogP) is 1.98. The van der Waals surface area contributed by atoms with E-state index < -0.39 is 17.8 Å². The third kappa shape index (κ3) is 3.84. The Morgan fingerprint density at radius 3 is 2.50 bits per heavy atom. The smallest absolute Gasteiger partial charge is 0.316 e. The molecule has 1 aromatic rings. The number of carbonyl (C=O) groups excluding carboxylic acids is 2. The summed E-state index contributed by atoms with van der Waals surface area (Å²) < 4.78 is 5.19. The van der Waals surface area contributed by atoms with Crippen molar-refractivity contribution in [3.8, 4) is 5.75 Å². The number of hydrogen-bond donors (Lipinski definition) is 2. The van der Waals surface area contributed by atoms with Gasteiger partial charge in [-0.3, -0.25) is 14.4 Å². The summed E-state index contributed by atoms with van der Waals surface area (Å²) in [7, 11) is 1.45. The van der Waals surface area contributed by atoms with Gasteiger partial charge in [-0.1, -0.05) is 6.92 Å². The molecule has 1 heterocycles. The lowest BCUT2D eigenvalue weighted by atomic mass is 10.1. The highest BCUT2D eigenvalue weighted by atomic mass is 16.5. The molecule has 0 radical (unpaired) electrons. The lowest BCUT2D eigenvalue weighted by Gasteiger charge is -2.18. The van der Waals surface area contributed by atoms with Crippen LogP contribution in [0.15, 0.2) is 18.2 Å². The molecule has 1 atom stereocenters. The molecule has 2 amide bonds. The molecular weight excluding hydrogens is 312 g/mol. The Bertz CT molecular complexity index is 638. The van der Waals surface area contributed by atoms with Crippen molar-refractivity contribution in [2.45, 2.75) is 26.2 Å². The Morgan fingerprint density at radius 2 is 1.96 bits per heavy atom. The van der Waals surface area contributed by atoms with Crippen LogP contribution in [0.3, 0.4) is 0 Å². The van der Waals surface area contributed by atoms with E-state index in [1.165, 1.54) is 13.2 Å². The molecule has 7 heteroatoms. The number of carboxylic acid groups (broad SMARTS) is 1. The van der Waals surface area contributed by atoms with Gasteiger partial charge in [0, 0.05) is 18.7 Å². The second-order valence-corrected chi connectivity index (χ2v) is 5.70. The minimum Gasteiger partial charge on any atom is -0.495 e. The molecule has 130 valence electrons. The lowest BCUT2D eigenvalue weighted by molar-refractivity contribution is -0.145. The maximum Gasteiger partial charge on any atom is 0.316 e. The quantitative estimate of drug-likeness (QED) is 0.776. The Hall–Kier alpha value is -2.57. The summed E-state index contributed by atoms with van der Waals surface area (Å²) >= 11 is 0. The van der Waals surface area contributed by atoms with Gasteiger partial charge in [-0.05, 0) is 37.5 Å². The first-order chi connectivity index (χ1) is 11.5. The second-order valence-electron chi connectivity index (χ2n) is 5.70. The average Bonchev–Trinajstić information content (AvgIpc) is 3.08. The molecular formula is C17H22N2O5. The van der Waals surface area contributed by atoms with Gasteiger partial charge >= 0.3 is 5.97 Å². The Morgan fingerprint density at radius 1 is 1.29 bits per heavy atom. The van der Waals surface area contributed by atoms with Gasteiger partial charge in [-0.25, -0.2) is 0 Å². The van der Waals surface area contributed by atoms with E-state index in [2.05, 4.69) is 5.32 Å². The molecule has 1 unspecified atom stereocenters. The zero-order valence-corrected chi connectivity index (χ0v) is 13.9. The molecule has 2 rings (SSSR count). The molecule has 7 nitrogen and oxygen atoms in total. The highest BCUT2D eigenvalue weighted by molar-refractivity contribution is 6.05. The number of anilines is 1. The van der Waals surface area contributed by atoms with Crippen LogP contribution in [-0.4, -0.2) is 48.0 Å². The van der Waals surface area contributed by atoms with Crippen LogP contribution in [0.5, 0.6) is 5.75 Å². The first-order valence-corrected chi connectivity index (χ1v) is 7.99. The Balaban J connectivity index is 2.24. The number of rotatable bonds is 6. The van der Waals surface area contributed by atoms with Crippen LogP contribution in [0.2, 0.25) is 0 Å². The summed E-state index contributed by atoms with van der Waals surface area (Å²) in [4.78, 5) is 37.5. The fourth-order valence-electron chi connectivity index (χ4n) is 2.73. The van der Waals surface area contributed by atoms with E-state index in [0.29, 0.717) is 17.0 Å². The standard InChI is InChI=1S/C17H22N2O5/c1-3-12(17(22)23)15(20)18-13-10-11(6-7-14(13)24-2)16(21)19-8-4-5-9-19/h6-7,10,12H,3-5,8-9H2,1-2H3,(H,18,20)(H,22,23). The molecule has 1 aliphatic heterocycles. The van der Waals surface area contributed by atoms with E-state index in [-0.39, 0.29) is 12.3 Å². The van der Waals surface area contributed by atoms with E-state index >= 15 is 0 Å². The molecule has 0 bridgehead atoms. The predicted molar refractivity (Wildman–Crippen MR) is 88.2 cm³/mol. The number of hydrogen-bond acceptors (Lipinski definition) is 4. The first kappa shape index (κ1) is 17.8. The monoisotopic (exact) mass is 334 g/mol. The van der Waals surface area contributed by atoms with Gasteiger partial charge in [0.15, 0.2) is 0 Å². The molecule has 0 saturated carbocycles. The fourth-order valence-corrected chi connectivity index (χ4v) is 2.73. The van der Waals surface area contributed by atoms with Gasteiger partial charge in [-0.15, -0.1) is 0 Å². The van der Waals surface area contributed by atoms with Crippen LogP contribution in [0, 0.1) is 5.92 Å². The van der Waals surface area contributed by atoms with Crippen LogP contribution in [-0.2, 0) is 9.59 Å². The zero-order valence-electron chi connectivity index (χ0n) is 13.9. The van der Waals surface area contributed by atoms with Crippen molar-refractivity contribution >= 4 is 23.5 Å². The fraction of sp³-hybridized carbons (Fsp3) is 0.471. The van der Waals surface area contributed by atoms with Crippen LogP contribution in [0.25, 0.3) is 0 Å². The summed E-state index contributed by atoms with van der Waals surface area (Å²) in [6.07, 6.45) is 2.15. The van der Waals surface area contributed by atoms with E-state index in [9.17, 15) is 14.4 Å². The highest BCUT2D eigenvalue weighted by Crippen LogP contribution is 2.27. The summed E-state index contributed by atoms with van der Waals surface area (Å²) in [6.45, 7) is 3.08. The molecule has 0 aliphatic carbocycles. The Kier molecular flexibility index (Phi) is 5.78. The minimum absolute atomic E-state index is 0.101. The number of nitrogens with zero attached hydrogens (tertiary/aromatic N) is 1. The highest BCUT2D eigenvalue weighted by Gasteiger charge is 2.26. The maximum absolute atomic E-state index is 12.5. The van der Waals surface area contributed by atoms with Gasteiger partial charge in [-0.2, -0.15) is 0 Å². The molecule has 1 fully saturated rings. The van der Waals surface area contributed by atoms with Crippen LogP contribution in [0.4, 0.5) is 5.69 Å². The normalized spacial score (nSPS) is 15.0. The number of carbonyl (C=O) groups is 3. The summed E-state index contributed by atoms with van der Waals surface area (Å²) in [6, 6.07) is 4.77. The van der Waals surface area contributed by atoms with Crippen LogP contribution in [0.1, 0.15) is 36.5 Å². The molecule has 24 heavy (non-hydrogen) atoms. The summed E-state index contributed by atoms with van der Waals surface area (Å²) in [5.41, 5.74) is 0.739. The second kappa shape index (κ2) is 7.81. The average molecular weight is 334 g/mol. The number of benzene rings is 1. The maximum atomic E-state index is 12.5. The summed E-state index contributed by atoms with van der Waals surface area (Å²) in [5, 5.41) is 11.6. The van der Waals surface area contributed by atoms with Crippen molar-refractivity contribution in [1.82, 2.24) is 4.90 Å². The van der Waals surface area contributed by atoms with Gasteiger partial charge in [0.25, 0.3) is 5.91 Å². The van der Waals surface area contributed by atoms with E-state index in [4.69, 9.17) is 9.84 Å². The number of nitrogens with one attached hydrogen (secondary N) is 1.